The number of benzene rings is 1. The Kier molecular flexibility index (Phi) is 4.17. The van der Waals surface area contributed by atoms with Gasteiger partial charge in [-0.1, -0.05) is 18.2 Å². The van der Waals surface area contributed by atoms with E-state index in [2.05, 4.69) is 0 Å². The van der Waals surface area contributed by atoms with Crippen LogP contribution in [-0.4, -0.2) is 17.7 Å². The summed E-state index contributed by atoms with van der Waals surface area (Å²) in [6, 6.07) is 8.56. The van der Waals surface area contributed by atoms with Gasteiger partial charge in [0, 0.05) is 6.42 Å². The van der Waals surface area contributed by atoms with E-state index in [1.54, 1.807) is 30.3 Å². The van der Waals surface area contributed by atoms with Crippen LogP contribution in [0, 0.1) is 11.3 Å². The first-order valence-corrected chi connectivity index (χ1v) is 4.53. The molecule has 0 radical (unpaired) electrons. The zero-order valence-electron chi connectivity index (χ0n) is 8.14. The van der Waals surface area contributed by atoms with Crippen LogP contribution >= 0.6 is 0 Å². The SMILES string of the molecule is N#CCC(=O)OCCc1ccccc1O. The summed E-state index contributed by atoms with van der Waals surface area (Å²) >= 11 is 0. The summed E-state index contributed by atoms with van der Waals surface area (Å²) in [7, 11) is 0. The van der Waals surface area contributed by atoms with Crippen LogP contribution in [0.25, 0.3) is 0 Å². The topological polar surface area (TPSA) is 70.3 Å². The molecule has 1 N–H and O–H groups in total. The molecule has 1 aromatic rings. The van der Waals surface area contributed by atoms with Crippen molar-refractivity contribution in [3.8, 4) is 11.8 Å². The molecule has 0 aliphatic carbocycles. The van der Waals surface area contributed by atoms with Gasteiger partial charge in [0.25, 0.3) is 0 Å². The van der Waals surface area contributed by atoms with E-state index < -0.39 is 5.97 Å². The van der Waals surface area contributed by atoms with Crippen molar-refractivity contribution in [1.29, 1.82) is 5.26 Å². The highest BCUT2D eigenvalue weighted by Crippen LogP contribution is 2.15. The molecule has 4 nitrogen and oxygen atoms in total. The lowest BCUT2D eigenvalue weighted by atomic mass is 10.1. The van der Waals surface area contributed by atoms with Crippen LogP contribution in [0.4, 0.5) is 0 Å². The minimum atomic E-state index is -0.534. The van der Waals surface area contributed by atoms with E-state index in [1.807, 2.05) is 0 Å². The quantitative estimate of drug-likeness (QED) is 0.754. The summed E-state index contributed by atoms with van der Waals surface area (Å²) in [4.78, 5) is 10.8. The Hall–Kier alpha value is -2.02. The average molecular weight is 205 g/mol. The van der Waals surface area contributed by atoms with Crippen molar-refractivity contribution in [3.05, 3.63) is 29.8 Å². The van der Waals surface area contributed by atoms with Gasteiger partial charge < -0.3 is 9.84 Å². The molecule has 15 heavy (non-hydrogen) atoms. The predicted molar refractivity (Wildman–Crippen MR) is 53.0 cm³/mol. The monoisotopic (exact) mass is 205 g/mol. The highest BCUT2D eigenvalue weighted by Gasteiger charge is 2.03. The summed E-state index contributed by atoms with van der Waals surface area (Å²) < 4.78 is 4.77. The molecular formula is C11H11NO3. The molecule has 0 amide bonds. The number of hydrogen-bond donors (Lipinski definition) is 1. The lowest BCUT2D eigenvalue weighted by molar-refractivity contribution is -0.142. The number of nitrogens with zero attached hydrogens (tertiary/aromatic N) is 1. The first-order valence-electron chi connectivity index (χ1n) is 4.53. The molecule has 0 aliphatic rings. The first-order chi connectivity index (χ1) is 7.24. The minimum Gasteiger partial charge on any atom is -0.508 e. The number of carbonyl (C=O) groups is 1. The van der Waals surface area contributed by atoms with Gasteiger partial charge in [0.15, 0.2) is 0 Å². The molecular weight excluding hydrogens is 194 g/mol. The van der Waals surface area contributed by atoms with Gasteiger partial charge >= 0.3 is 5.97 Å². The van der Waals surface area contributed by atoms with Crippen molar-refractivity contribution < 1.29 is 14.6 Å². The molecule has 78 valence electrons. The Bertz CT molecular complexity index is 382. The van der Waals surface area contributed by atoms with E-state index in [-0.39, 0.29) is 18.8 Å². The number of phenolic OH excluding ortho intramolecular Hbond substituents is 1. The Morgan fingerprint density at radius 3 is 2.87 bits per heavy atom. The third kappa shape index (κ3) is 3.69. The lowest BCUT2D eigenvalue weighted by Gasteiger charge is -2.04. The average Bonchev–Trinajstić information content (AvgIpc) is 2.21. The largest absolute Gasteiger partial charge is 0.508 e. The summed E-state index contributed by atoms with van der Waals surface area (Å²) in [5.41, 5.74) is 0.724. The van der Waals surface area contributed by atoms with Crippen LogP contribution < -0.4 is 0 Å². The van der Waals surface area contributed by atoms with Crippen molar-refractivity contribution in [3.63, 3.8) is 0 Å². The highest BCUT2D eigenvalue weighted by atomic mass is 16.5. The number of hydrogen-bond acceptors (Lipinski definition) is 4. The highest BCUT2D eigenvalue weighted by molar-refractivity contribution is 5.71. The summed E-state index contributed by atoms with van der Waals surface area (Å²) in [5, 5.41) is 17.6. The number of aromatic hydroxyl groups is 1. The zero-order chi connectivity index (χ0) is 11.1. The van der Waals surface area contributed by atoms with Crippen molar-refractivity contribution >= 4 is 5.97 Å². The van der Waals surface area contributed by atoms with Crippen LogP contribution in [-0.2, 0) is 16.0 Å². The summed E-state index contributed by atoms with van der Waals surface area (Å²) in [5.74, 6) is -0.346. The number of para-hydroxylation sites is 1. The Morgan fingerprint density at radius 1 is 1.47 bits per heavy atom. The van der Waals surface area contributed by atoms with E-state index in [0.29, 0.717) is 6.42 Å². The third-order valence-electron chi connectivity index (χ3n) is 1.85. The minimum absolute atomic E-state index is 0.179. The molecule has 4 heteroatoms. The van der Waals surface area contributed by atoms with E-state index in [9.17, 15) is 9.90 Å². The number of rotatable bonds is 4. The molecule has 0 heterocycles. The summed E-state index contributed by atoms with van der Waals surface area (Å²) in [6.07, 6.45) is 0.213. The Morgan fingerprint density at radius 2 is 2.20 bits per heavy atom. The van der Waals surface area contributed by atoms with E-state index in [1.165, 1.54) is 0 Å². The molecule has 0 saturated heterocycles. The number of esters is 1. The van der Waals surface area contributed by atoms with E-state index >= 15 is 0 Å². The van der Waals surface area contributed by atoms with Gasteiger partial charge in [-0.15, -0.1) is 0 Å². The molecule has 0 spiro atoms. The van der Waals surface area contributed by atoms with E-state index in [0.717, 1.165) is 5.56 Å². The first kappa shape index (κ1) is 11.1. The second-order valence-electron chi connectivity index (χ2n) is 2.93. The third-order valence-corrected chi connectivity index (χ3v) is 1.85. The van der Waals surface area contributed by atoms with Crippen LogP contribution in [0.15, 0.2) is 24.3 Å². The second kappa shape index (κ2) is 5.66. The molecule has 1 aromatic carbocycles. The van der Waals surface area contributed by atoms with Gasteiger partial charge in [-0.05, 0) is 11.6 Å². The van der Waals surface area contributed by atoms with Crippen molar-refractivity contribution in [1.82, 2.24) is 0 Å². The van der Waals surface area contributed by atoms with Crippen molar-refractivity contribution in [2.24, 2.45) is 0 Å². The van der Waals surface area contributed by atoms with Gasteiger partial charge in [-0.3, -0.25) is 4.79 Å². The maximum atomic E-state index is 10.8. The number of ether oxygens (including phenoxy) is 1. The molecule has 0 atom stereocenters. The second-order valence-corrected chi connectivity index (χ2v) is 2.93. The van der Waals surface area contributed by atoms with Crippen molar-refractivity contribution in [2.75, 3.05) is 6.61 Å². The summed E-state index contributed by atoms with van der Waals surface area (Å²) in [6.45, 7) is 0.179. The van der Waals surface area contributed by atoms with Crippen LogP contribution in [0.1, 0.15) is 12.0 Å². The van der Waals surface area contributed by atoms with Gasteiger partial charge in [0.2, 0.25) is 0 Å². The molecule has 0 bridgehead atoms. The van der Waals surface area contributed by atoms with Crippen LogP contribution in [0.5, 0.6) is 5.75 Å². The Labute approximate surface area is 87.7 Å². The van der Waals surface area contributed by atoms with E-state index in [4.69, 9.17) is 10.00 Å². The van der Waals surface area contributed by atoms with Gasteiger partial charge in [-0.2, -0.15) is 5.26 Å². The maximum absolute atomic E-state index is 10.8. The van der Waals surface area contributed by atoms with Crippen molar-refractivity contribution in [2.45, 2.75) is 12.8 Å². The predicted octanol–water partition coefficient (Wildman–Crippen LogP) is 1.39. The van der Waals surface area contributed by atoms with Gasteiger partial charge in [0.1, 0.15) is 12.2 Å². The van der Waals surface area contributed by atoms with Gasteiger partial charge in [-0.25, -0.2) is 0 Å². The smallest absolute Gasteiger partial charge is 0.320 e. The lowest BCUT2D eigenvalue weighted by Crippen LogP contribution is -2.06. The Balaban J connectivity index is 2.36. The fourth-order valence-electron chi connectivity index (χ4n) is 1.11. The zero-order valence-corrected chi connectivity index (χ0v) is 8.14. The molecule has 0 aliphatic heterocycles. The van der Waals surface area contributed by atoms with Gasteiger partial charge in [0.05, 0.1) is 12.7 Å². The maximum Gasteiger partial charge on any atom is 0.320 e. The number of phenols is 1. The van der Waals surface area contributed by atoms with Crippen LogP contribution in [0.2, 0.25) is 0 Å². The molecule has 0 aromatic heterocycles. The standard InChI is InChI=1S/C11H11NO3/c12-7-5-11(14)15-8-6-9-3-1-2-4-10(9)13/h1-4,13H,5-6,8H2. The number of nitriles is 1. The molecule has 0 saturated carbocycles. The van der Waals surface area contributed by atoms with Crippen LogP contribution in [0.3, 0.4) is 0 Å². The molecule has 0 fully saturated rings. The normalized spacial score (nSPS) is 9.27. The number of carbonyl (C=O) groups excluding carboxylic acids is 1. The fraction of sp³-hybridized carbons (Fsp3) is 0.273. The molecule has 0 unspecified atom stereocenters. The fourth-order valence-corrected chi connectivity index (χ4v) is 1.11. The molecule has 1 rings (SSSR count).